The smallest absolute Gasteiger partial charge is 0.511 e. The second-order valence-corrected chi connectivity index (χ2v) is 1.98. The maximum absolute atomic E-state index is 8.74. The number of hydrogen-bond acceptors (Lipinski definition) is 3. The van der Waals surface area contributed by atoms with Gasteiger partial charge in [-0.15, -0.1) is 0 Å². The van der Waals surface area contributed by atoms with E-state index < -0.39 is 24.5 Å². The van der Waals surface area contributed by atoms with E-state index in [1.165, 1.54) is 0 Å². The lowest BCUT2D eigenvalue weighted by Gasteiger charge is -1.60. The molecule has 0 amide bonds. The fraction of sp³-hybridized carbons (Fsp3) is 0. The van der Waals surface area contributed by atoms with Gasteiger partial charge in [-0.1, -0.05) is 0 Å². The van der Waals surface area contributed by atoms with Crippen molar-refractivity contribution in [2.24, 2.45) is 0 Å². The quantitative estimate of drug-likeness (QED) is 0.231. The van der Waals surface area contributed by atoms with Gasteiger partial charge in [-0.3, -0.25) is 8.92 Å². The van der Waals surface area contributed by atoms with Crippen LogP contribution in [-0.4, -0.2) is 53.9 Å². The molecular weight excluding hydrogens is 212 g/mol. The standard InChI is InChI=1S/CH2O3.2H2O3Si/c2-1(3)4;2*1-4(2)3/h(H2,2,3,4);2*1-2H. The lowest BCUT2D eigenvalue weighted by atomic mass is 11.5. The molecule has 0 aromatic carbocycles. The summed E-state index contributed by atoms with van der Waals surface area (Å²) < 4.78 is 17.5. The second kappa shape index (κ2) is 12.2. The van der Waals surface area contributed by atoms with Crippen LogP contribution in [-0.2, 0) is 8.92 Å². The van der Waals surface area contributed by atoms with Crippen LogP contribution in [0.4, 0.5) is 4.79 Å². The van der Waals surface area contributed by atoms with E-state index in [-0.39, 0.29) is 0 Å². The first-order valence-electron chi connectivity index (χ1n) is 1.95. The Morgan fingerprint density at radius 1 is 0.833 bits per heavy atom. The molecule has 0 aliphatic carbocycles. The van der Waals surface area contributed by atoms with Gasteiger partial charge in [0.2, 0.25) is 0 Å². The molecule has 0 saturated carbocycles. The molecule has 0 saturated heterocycles. The lowest BCUT2D eigenvalue weighted by Crippen LogP contribution is -1.90. The summed E-state index contributed by atoms with van der Waals surface area (Å²) in [6, 6.07) is 0. The van der Waals surface area contributed by atoms with E-state index in [0.717, 1.165) is 0 Å². The maximum Gasteiger partial charge on any atom is 0.761 e. The van der Waals surface area contributed by atoms with E-state index >= 15 is 0 Å². The SMILES string of the molecule is O=C(O)O.O=[Si](O)O.O=[Si](O)O. The minimum absolute atomic E-state index is 1.83. The van der Waals surface area contributed by atoms with E-state index in [1.807, 2.05) is 0 Å². The molecule has 0 aromatic heterocycles. The fourth-order valence-corrected chi connectivity index (χ4v) is 0. The normalized spacial score (nSPS) is 6.00. The highest BCUT2D eigenvalue weighted by Gasteiger charge is 1.85. The largest absolute Gasteiger partial charge is 0.761 e. The molecular formula is CH6O9Si2. The molecule has 0 radical (unpaired) electrons. The van der Waals surface area contributed by atoms with Crippen LogP contribution in [0, 0.1) is 0 Å². The predicted molar refractivity (Wildman–Crippen MR) is 32.4 cm³/mol. The molecule has 0 aliphatic rings. The Labute approximate surface area is 68.6 Å². The number of carbonyl (C=O) groups is 1. The molecule has 0 bridgehead atoms. The van der Waals surface area contributed by atoms with Gasteiger partial charge in [0.05, 0.1) is 0 Å². The van der Waals surface area contributed by atoms with Gasteiger partial charge in [-0.25, -0.2) is 4.79 Å². The molecule has 0 rings (SSSR count). The Kier molecular flexibility index (Phi) is 17.1. The summed E-state index contributed by atoms with van der Waals surface area (Å²) in [6.45, 7) is 0. The molecule has 0 aliphatic heterocycles. The zero-order valence-electron chi connectivity index (χ0n) is 5.41. The van der Waals surface area contributed by atoms with Gasteiger partial charge in [-0.05, 0) is 0 Å². The summed E-state index contributed by atoms with van der Waals surface area (Å²) in [6.07, 6.45) is -1.83. The van der Waals surface area contributed by atoms with Crippen LogP contribution in [0.15, 0.2) is 0 Å². The first kappa shape index (κ1) is 16.8. The highest BCUT2D eigenvalue weighted by Crippen LogP contribution is 1.42. The van der Waals surface area contributed by atoms with Crippen molar-refractivity contribution in [2.45, 2.75) is 0 Å². The van der Waals surface area contributed by atoms with E-state index in [1.54, 1.807) is 0 Å². The van der Waals surface area contributed by atoms with Gasteiger partial charge >= 0.3 is 24.5 Å². The van der Waals surface area contributed by atoms with Crippen LogP contribution in [0.25, 0.3) is 0 Å². The summed E-state index contributed by atoms with van der Waals surface area (Å²) in [5.74, 6) is 0. The van der Waals surface area contributed by atoms with Crippen LogP contribution in [0.5, 0.6) is 0 Å². The first-order chi connectivity index (χ1) is 5.20. The second-order valence-electron chi connectivity index (χ2n) is 0.848. The van der Waals surface area contributed by atoms with E-state index in [2.05, 4.69) is 0 Å². The highest BCUT2D eigenvalue weighted by atomic mass is 28.3. The van der Waals surface area contributed by atoms with Crippen molar-refractivity contribution in [3.8, 4) is 0 Å². The van der Waals surface area contributed by atoms with Gasteiger partial charge in [0.15, 0.2) is 0 Å². The van der Waals surface area contributed by atoms with E-state index in [0.29, 0.717) is 0 Å². The summed E-state index contributed by atoms with van der Waals surface area (Å²) in [4.78, 5) is 37.2. The van der Waals surface area contributed by atoms with E-state index in [4.69, 9.17) is 43.1 Å². The van der Waals surface area contributed by atoms with Gasteiger partial charge in [0.25, 0.3) is 0 Å². The number of hydrogen-bond donors (Lipinski definition) is 6. The summed E-state index contributed by atoms with van der Waals surface area (Å²) in [5, 5.41) is 13.9. The Bertz CT molecular complexity index is 110. The minimum Gasteiger partial charge on any atom is -0.511 e. The number of carboxylic acid groups (broad SMARTS) is 2. The molecule has 0 unspecified atom stereocenters. The average Bonchev–Trinajstić information content (AvgIpc) is 1.54. The molecule has 9 nitrogen and oxygen atoms in total. The molecule has 72 valence electrons. The predicted octanol–water partition coefficient (Wildman–Crippen LogP) is -3.00. The van der Waals surface area contributed by atoms with Crippen molar-refractivity contribution >= 4 is 24.5 Å². The van der Waals surface area contributed by atoms with Crippen LogP contribution in [0.2, 0.25) is 0 Å². The fourth-order valence-electron chi connectivity index (χ4n) is 0. The van der Waals surface area contributed by atoms with Gasteiger partial charge in [-0.2, -0.15) is 0 Å². The third-order valence-corrected chi connectivity index (χ3v) is 0. The summed E-state index contributed by atoms with van der Waals surface area (Å²) in [7, 11) is -6.26. The summed E-state index contributed by atoms with van der Waals surface area (Å²) in [5.41, 5.74) is 0. The first-order valence-corrected chi connectivity index (χ1v) is 4.56. The van der Waals surface area contributed by atoms with Crippen molar-refractivity contribution < 1.29 is 43.1 Å². The van der Waals surface area contributed by atoms with Crippen LogP contribution in [0.3, 0.4) is 0 Å². The number of rotatable bonds is 0. The third kappa shape index (κ3) is 214. The van der Waals surface area contributed by atoms with Crippen molar-refractivity contribution in [3.63, 3.8) is 0 Å². The molecule has 0 heterocycles. The van der Waals surface area contributed by atoms with Gasteiger partial charge in [0, 0.05) is 0 Å². The van der Waals surface area contributed by atoms with Gasteiger partial charge in [0.1, 0.15) is 0 Å². The molecule has 11 heteroatoms. The monoisotopic (exact) mass is 218 g/mol. The van der Waals surface area contributed by atoms with Crippen molar-refractivity contribution in [1.82, 2.24) is 0 Å². The Morgan fingerprint density at radius 3 is 0.833 bits per heavy atom. The molecule has 12 heavy (non-hydrogen) atoms. The molecule has 6 N–H and O–H groups in total. The maximum atomic E-state index is 8.74. The Hall–Kier alpha value is -1.50. The average molecular weight is 218 g/mol. The zero-order chi connectivity index (χ0) is 10.7. The third-order valence-electron chi connectivity index (χ3n) is 0. The Balaban J connectivity index is -0.000000101. The van der Waals surface area contributed by atoms with Crippen molar-refractivity contribution in [1.29, 1.82) is 0 Å². The minimum atomic E-state index is -3.13. The van der Waals surface area contributed by atoms with Gasteiger partial charge < -0.3 is 29.4 Å². The lowest BCUT2D eigenvalue weighted by molar-refractivity contribution is 0.137. The van der Waals surface area contributed by atoms with Crippen molar-refractivity contribution in [3.05, 3.63) is 0 Å². The van der Waals surface area contributed by atoms with Crippen LogP contribution < -0.4 is 0 Å². The van der Waals surface area contributed by atoms with Crippen LogP contribution in [0.1, 0.15) is 0 Å². The summed E-state index contributed by atoms with van der Waals surface area (Å²) >= 11 is 0. The molecule has 0 spiro atoms. The Morgan fingerprint density at radius 2 is 0.833 bits per heavy atom. The highest BCUT2D eigenvalue weighted by molar-refractivity contribution is 6.22. The molecule has 0 atom stereocenters. The zero-order valence-corrected chi connectivity index (χ0v) is 7.41. The molecule has 0 aromatic rings. The van der Waals surface area contributed by atoms with Crippen LogP contribution >= 0.6 is 0 Å². The van der Waals surface area contributed by atoms with E-state index in [9.17, 15) is 0 Å². The topological polar surface area (TPSA) is 173 Å². The molecule has 0 fully saturated rings. The van der Waals surface area contributed by atoms with Crippen molar-refractivity contribution in [2.75, 3.05) is 0 Å².